The van der Waals surface area contributed by atoms with E-state index >= 15 is 0 Å². The first-order valence-corrected chi connectivity index (χ1v) is 56.3. The fourth-order valence-corrected chi connectivity index (χ4v) is 37.7. The minimum Gasteiger partial charge on any atom is -0.415 e. The average Bonchev–Trinajstić information content (AvgIpc) is 0.749. The molecule has 1 saturated heterocycles. The fourth-order valence-electron chi connectivity index (χ4n) is 17.6. The van der Waals surface area contributed by atoms with E-state index in [-0.39, 0.29) is 0 Å². The van der Waals surface area contributed by atoms with Crippen LogP contribution in [0, 0.1) is 0 Å². The molecule has 0 radical (unpaired) electrons. The van der Waals surface area contributed by atoms with Crippen LogP contribution in [0.15, 0.2) is 0 Å². The molecule has 1 rings (SSSR count). The summed E-state index contributed by atoms with van der Waals surface area (Å²) >= 11 is 0. The van der Waals surface area contributed by atoms with E-state index in [2.05, 4.69) is 41.5 Å². The molecular formula is C96H198O3Si3. The molecule has 0 unspecified atom stereocenters. The summed E-state index contributed by atoms with van der Waals surface area (Å²) in [5.41, 5.74) is 0. The number of hydrogen-bond acceptors (Lipinski definition) is 3. The first kappa shape index (κ1) is 101. The molecule has 0 aliphatic carbocycles. The van der Waals surface area contributed by atoms with Crippen LogP contribution < -0.4 is 0 Å². The molecule has 0 spiro atoms. The zero-order valence-electron chi connectivity index (χ0n) is 72.4. The van der Waals surface area contributed by atoms with Crippen molar-refractivity contribution in [1.29, 1.82) is 0 Å². The van der Waals surface area contributed by atoms with Crippen molar-refractivity contribution >= 4 is 25.7 Å². The van der Waals surface area contributed by atoms with E-state index in [0.717, 1.165) is 0 Å². The van der Waals surface area contributed by atoms with E-state index in [9.17, 15) is 0 Å². The van der Waals surface area contributed by atoms with Crippen LogP contribution in [0.25, 0.3) is 0 Å². The van der Waals surface area contributed by atoms with Gasteiger partial charge in [-0.1, -0.05) is 581 Å². The van der Waals surface area contributed by atoms with Crippen LogP contribution in [0.4, 0.5) is 0 Å². The summed E-state index contributed by atoms with van der Waals surface area (Å²) in [7, 11) is -7.77. The van der Waals surface area contributed by atoms with Crippen molar-refractivity contribution in [1.82, 2.24) is 0 Å². The lowest BCUT2D eigenvalue weighted by molar-refractivity contribution is 0.201. The quantitative estimate of drug-likeness (QED) is 0.0449. The molecule has 0 bridgehead atoms. The Labute approximate surface area is 651 Å². The summed E-state index contributed by atoms with van der Waals surface area (Å²) in [6.45, 7) is 14.1. The van der Waals surface area contributed by atoms with Gasteiger partial charge in [0.2, 0.25) is 0 Å². The molecule has 6 heteroatoms. The third-order valence-electron chi connectivity index (χ3n) is 24.6. The van der Waals surface area contributed by atoms with E-state index in [1.807, 2.05) is 0 Å². The van der Waals surface area contributed by atoms with Crippen LogP contribution in [0.2, 0.25) is 36.3 Å². The standard InChI is InChI=1S/C96H198O3Si3/c1-7-13-19-25-31-37-43-49-55-61-67-73-79-85-91-100(92-86-80-74-68-62-56-50-44-38-32-26-20-14-8-2)97-101(93-87-81-75-69-63-57-51-45-39-33-27-21-15-9-3,94-88-82-76-70-64-58-52-46-40-34-28-22-16-10-4)99-102(98-100,95-89-83-77-71-65-59-53-47-41-35-29-23-17-11-5)96-90-84-78-72-66-60-54-48-42-36-30-24-18-12-6/h7-96H2,1-6H3. The van der Waals surface area contributed by atoms with Gasteiger partial charge < -0.3 is 12.3 Å². The van der Waals surface area contributed by atoms with Crippen LogP contribution in [0.3, 0.4) is 0 Å². The molecule has 0 N–H and O–H groups in total. The van der Waals surface area contributed by atoms with Gasteiger partial charge in [0.25, 0.3) is 0 Å². The van der Waals surface area contributed by atoms with Crippen molar-refractivity contribution in [2.45, 2.75) is 617 Å². The van der Waals surface area contributed by atoms with Crippen LogP contribution in [-0.4, -0.2) is 25.7 Å². The Morgan fingerprint density at radius 3 is 0.245 bits per heavy atom. The highest BCUT2D eigenvalue weighted by Gasteiger charge is 2.60. The van der Waals surface area contributed by atoms with Gasteiger partial charge in [-0.3, -0.25) is 0 Å². The van der Waals surface area contributed by atoms with Crippen molar-refractivity contribution in [2.75, 3.05) is 0 Å². The zero-order valence-corrected chi connectivity index (χ0v) is 75.4. The molecule has 0 aromatic carbocycles. The van der Waals surface area contributed by atoms with Crippen molar-refractivity contribution in [3.63, 3.8) is 0 Å². The van der Waals surface area contributed by atoms with Gasteiger partial charge in [0, 0.05) is 0 Å². The van der Waals surface area contributed by atoms with E-state index < -0.39 is 25.7 Å². The number of hydrogen-bond donors (Lipinski definition) is 0. The summed E-state index contributed by atoms with van der Waals surface area (Å²) in [6, 6.07) is 7.61. The van der Waals surface area contributed by atoms with Crippen molar-refractivity contribution in [3.05, 3.63) is 0 Å². The van der Waals surface area contributed by atoms with Crippen LogP contribution in [0.5, 0.6) is 0 Å². The van der Waals surface area contributed by atoms with Gasteiger partial charge in [-0.05, 0) is 36.3 Å². The van der Waals surface area contributed by atoms with E-state index in [0.29, 0.717) is 0 Å². The number of rotatable bonds is 90. The number of unbranched alkanes of at least 4 members (excludes halogenated alkanes) is 78. The molecule has 1 fully saturated rings. The summed E-state index contributed by atoms with van der Waals surface area (Å²) in [4.78, 5) is 0. The van der Waals surface area contributed by atoms with Crippen LogP contribution in [-0.2, 0) is 12.3 Å². The monoisotopic (exact) mass is 1480 g/mol. The Hall–Kier alpha value is 0.531. The Bertz CT molecular complexity index is 1260. The normalized spacial score (nSPS) is 14.3. The highest BCUT2D eigenvalue weighted by Crippen LogP contribution is 2.46. The van der Waals surface area contributed by atoms with Gasteiger partial charge in [-0.15, -0.1) is 0 Å². The lowest BCUT2D eigenvalue weighted by Crippen LogP contribution is -2.70. The Morgan fingerprint density at radius 2 is 0.167 bits per heavy atom. The van der Waals surface area contributed by atoms with E-state index in [1.165, 1.54) is 576 Å². The maximum Gasteiger partial charge on any atom is 0.320 e. The topological polar surface area (TPSA) is 27.7 Å². The van der Waals surface area contributed by atoms with Gasteiger partial charge in [0.05, 0.1) is 0 Å². The maximum atomic E-state index is 8.49. The van der Waals surface area contributed by atoms with Crippen LogP contribution in [0.1, 0.15) is 581 Å². The van der Waals surface area contributed by atoms with Crippen molar-refractivity contribution in [3.8, 4) is 0 Å². The second kappa shape index (κ2) is 82.5. The summed E-state index contributed by atoms with van der Waals surface area (Å²) < 4.78 is 25.5. The molecule has 0 aromatic rings. The maximum absolute atomic E-state index is 8.49. The van der Waals surface area contributed by atoms with Crippen molar-refractivity contribution in [2.24, 2.45) is 0 Å². The van der Waals surface area contributed by atoms with E-state index in [1.54, 1.807) is 0 Å². The first-order chi connectivity index (χ1) is 50.5. The SMILES string of the molecule is CCCCCCCCCCCCCCCC[Si]1(CCCCCCCCCCCCCCCC)O[Si](CCCCCCCCCCCCCCCC)(CCCCCCCCCCCCCCCC)O[Si](CCCCCCCCCCCCCCCC)(CCCCCCCCCCCCCCCC)O1. The van der Waals surface area contributed by atoms with Gasteiger partial charge in [0.15, 0.2) is 0 Å². The summed E-state index contributed by atoms with van der Waals surface area (Å²) in [6.07, 6.45) is 120. The Morgan fingerprint density at radius 1 is 0.0980 bits per heavy atom. The highest BCUT2D eigenvalue weighted by molar-refractivity contribution is 6.94. The minimum atomic E-state index is -2.59. The highest BCUT2D eigenvalue weighted by atomic mass is 28.5. The summed E-state index contributed by atoms with van der Waals surface area (Å²) in [5.74, 6) is 0. The second-order valence-electron chi connectivity index (χ2n) is 35.1. The average molecular weight is 1480 g/mol. The van der Waals surface area contributed by atoms with E-state index in [4.69, 9.17) is 12.3 Å². The molecule has 1 aliphatic heterocycles. The fraction of sp³-hybridized carbons (Fsp3) is 1.00. The summed E-state index contributed by atoms with van der Waals surface area (Å²) in [5, 5.41) is 0. The van der Waals surface area contributed by atoms with Gasteiger partial charge in [-0.2, -0.15) is 0 Å². The molecule has 0 amide bonds. The van der Waals surface area contributed by atoms with Gasteiger partial charge in [0.1, 0.15) is 0 Å². The Kier molecular flexibility index (Phi) is 81.3. The molecule has 0 atom stereocenters. The van der Waals surface area contributed by atoms with Gasteiger partial charge in [-0.25, -0.2) is 0 Å². The first-order valence-electron chi connectivity index (χ1n) is 49.6. The lowest BCUT2D eigenvalue weighted by atomic mass is 10.0. The molecule has 1 aliphatic rings. The molecule has 102 heavy (non-hydrogen) atoms. The second-order valence-corrected chi connectivity index (χ2v) is 46.0. The van der Waals surface area contributed by atoms with Crippen molar-refractivity contribution < 1.29 is 12.3 Å². The smallest absolute Gasteiger partial charge is 0.320 e. The third-order valence-corrected chi connectivity index (χ3v) is 40.2. The molecule has 612 valence electrons. The largest absolute Gasteiger partial charge is 0.415 e. The minimum absolute atomic E-state index is 1.27. The predicted molar refractivity (Wildman–Crippen MR) is 471 cm³/mol. The van der Waals surface area contributed by atoms with Gasteiger partial charge >= 0.3 is 25.7 Å². The molecule has 0 saturated carbocycles. The lowest BCUT2D eigenvalue weighted by Gasteiger charge is -2.54. The molecular weight excluding hydrogens is 1290 g/mol. The third kappa shape index (κ3) is 68.6. The Balaban J connectivity index is 3.60. The molecule has 0 aromatic heterocycles. The zero-order chi connectivity index (χ0) is 73.3. The predicted octanol–water partition coefficient (Wildman–Crippen LogP) is 37.3. The molecule has 3 nitrogen and oxygen atoms in total. The molecule has 1 heterocycles. The van der Waals surface area contributed by atoms with Crippen LogP contribution >= 0.6 is 0 Å².